The van der Waals surface area contributed by atoms with Gasteiger partial charge < -0.3 is 14.7 Å². The van der Waals surface area contributed by atoms with E-state index in [2.05, 4.69) is 18.9 Å². The number of aliphatic hydroxyl groups is 1. The topological polar surface area (TPSA) is 32.7 Å². The van der Waals surface area contributed by atoms with Gasteiger partial charge in [0.1, 0.15) is 0 Å². The molecule has 0 aromatic heterocycles. The van der Waals surface area contributed by atoms with Gasteiger partial charge in [-0.05, 0) is 20.0 Å². The number of nitrogens with zero attached hydrogens (tertiary/aromatic N) is 1. The predicted octanol–water partition coefficient (Wildman–Crippen LogP) is 0.337. The van der Waals surface area contributed by atoms with E-state index in [1.54, 1.807) is 0 Å². The molecule has 0 aliphatic carbocycles. The third kappa shape index (κ3) is 2.19. The Morgan fingerprint density at radius 2 is 2.33 bits per heavy atom. The van der Waals surface area contributed by atoms with Gasteiger partial charge >= 0.3 is 0 Å². The Kier molecular flexibility index (Phi) is 3.50. The summed E-state index contributed by atoms with van der Waals surface area (Å²) in [5.74, 6) is 0. The molecule has 12 heavy (non-hydrogen) atoms. The second-order valence-electron chi connectivity index (χ2n) is 3.79. The van der Waals surface area contributed by atoms with Gasteiger partial charge in [-0.1, -0.05) is 6.92 Å². The van der Waals surface area contributed by atoms with Crippen LogP contribution in [0.1, 0.15) is 13.3 Å². The van der Waals surface area contributed by atoms with E-state index < -0.39 is 0 Å². The second-order valence-corrected chi connectivity index (χ2v) is 3.79. The number of hydrogen-bond acceptors (Lipinski definition) is 3. The molecule has 1 N–H and O–H groups in total. The van der Waals surface area contributed by atoms with Crippen molar-refractivity contribution < 1.29 is 9.84 Å². The molecule has 1 saturated heterocycles. The Morgan fingerprint density at radius 3 is 2.75 bits per heavy atom. The maximum absolute atomic E-state index is 9.25. The molecular weight excluding hydrogens is 154 g/mol. The molecule has 1 atom stereocenters. The summed E-state index contributed by atoms with van der Waals surface area (Å²) in [4.78, 5) is 2.23. The Labute approximate surface area is 74.3 Å². The van der Waals surface area contributed by atoms with Crippen molar-refractivity contribution in [3.05, 3.63) is 0 Å². The van der Waals surface area contributed by atoms with Crippen molar-refractivity contribution in [1.82, 2.24) is 4.90 Å². The summed E-state index contributed by atoms with van der Waals surface area (Å²) in [5, 5.41) is 9.25. The molecule has 3 nitrogen and oxygen atoms in total. The van der Waals surface area contributed by atoms with Crippen LogP contribution in [0.25, 0.3) is 0 Å². The smallest absolute Gasteiger partial charge is 0.0557 e. The molecule has 1 rings (SSSR count). The maximum atomic E-state index is 9.25. The third-order valence-electron chi connectivity index (χ3n) is 2.67. The molecule has 0 amide bonds. The molecule has 0 spiro atoms. The molecule has 0 aromatic rings. The predicted molar refractivity (Wildman–Crippen MR) is 48.1 cm³/mol. The molecule has 0 aromatic carbocycles. The van der Waals surface area contributed by atoms with Gasteiger partial charge in [0.2, 0.25) is 0 Å². The first-order chi connectivity index (χ1) is 5.72. The van der Waals surface area contributed by atoms with E-state index in [0.29, 0.717) is 6.61 Å². The van der Waals surface area contributed by atoms with E-state index in [4.69, 9.17) is 4.74 Å². The van der Waals surface area contributed by atoms with Gasteiger partial charge in [-0.2, -0.15) is 0 Å². The van der Waals surface area contributed by atoms with Crippen LogP contribution in [0.5, 0.6) is 0 Å². The number of rotatable bonds is 4. The molecule has 0 bridgehead atoms. The highest BCUT2D eigenvalue weighted by molar-refractivity contribution is 4.84. The Hall–Kier alpha value is -0.120. The Morgan fingerprint density at radius 1 is 1.58 bits per heavy atom. The fraction of sp³-hybridized carbons (Fsp3) is 1.00. The van der Waals surface area contributed by atoms with E-state index in [1.165, 1.54) is 0 Å². The summed E-state index contributed by atoms with van der Waals surface area (Å²) in [6.07, 6.45) is 0.994. The zero-order chi connectivity index (χ0) is 9.03. The van der Waals surface area contributed by atoms with Crippen LogP contribution >= 0.6 is 0 Å². The lowest BCUT2D eigenvalue weighted by Gasteiger charge is -2.29. The minimum absolute atomic E-state index is 0.0186. The number of hydrogen-bond donors (Lipinski definition) is 1. The average molecular weight is 173 g/mol. The second kappa shape index (κ2) is 4.21. The van der Waals surface area contributed by atoms with Gasteiger partial charge in [0.05, 0.1) is 13.2 Å². The fourth-order valence-corrected chi connectivity index (χ4v) is 1.63. The molecule has 0 saturated carbocycles. The SMILES string of the molecule is CCN(C)CC1(CO)CCOC1. The summed E-state index contributed by atoms with van der Waals surface area (Å²) in [7, 11) is 2.08. The lowest BCUT2D eigenvalue weighted by molar-refractivity contribution is 0.0658. The zero-order valence-electron chi connectivity index (χ0n) is 8.05. The third-order valence-corrected chi connectivity index (χ3v) is 2.67. The summed E-state index contributed by atoms with van der Waals surface area (Å²) < 4.78 is 5.31. The van der Waals surface area contributed by atoms with Crippen LogP contribution in [0, 0.1) is 5.41 Å². The largest absolute Gasteiger partial charge is 0.396 e. The standard InChI is InChI=1S/C9H19NO2/c1-3-10(2)6-9(7-11)4-5-12-8-9/h11H,3-8H2,1-2H3. The maximum Gasteiger partial charge on any atom is 0.0557 e. The quantitative estimate of drug-likeness (QED) is 0.665. The minimum Gasteiger partial charge on any atom is -0.396 e. The number of ether oxygens (including phenoxy) is 1. The van der Waals surface area contributed by atoms with Crippen LogP contribution in [0.4, 0.5) is 0 Å². The van der Waals surface area contributed by atoms with Crippen LogP contribution in [0.15, 0.2) is 0 Å². The first-order valence-corrected chi connectivity index (χ1v) is 4.59. The van der Waals surface area contributed by atoms with Gasteiger partial charge in [0, 0.05) is 18.6 Å². The van der Waals surface area contributed by atoms with Gasteiger partial charge in [0.15, 0.2) is 0 Å². The van der Waals surface area contributed by atoms with E-state index in [9.17, 15) is 5.11 Å². The van der Waals surface area contributed by atoms with E-state index in [-0.39, 0.29) is 12.0 Å². The van der Waals surface area contributed by atoms with Crippen LogP contribution in [-0.4, -0.2) is 50.0 Å². The highest BCUT2D eigenvalue weighted by Gasteiger charge is 2.34. The first kappa shape index (κ1) is 9.96. The Balaban J connectivity index is 2.43. The van der Waals surface area contributed by atoms with Crippen molar-refractivity contribution in [1.29, 1.82) is 0 Å². The van der Waals surface area contributed by atoms with E-state index in [0.717, 1.165) is 26.1 Å². The van der Waals surface area contributed by atoms with Crippen LogP contribution in [0.3, 0.4) is 0 Å². The molecule has 3 heteroatoms. The van der Waals surface area contributed by atoms with Gasteiger partial charge in [-0.25, -0.2) is 0 Å². The van der Waals surface area contributed by atoms with Gasteiger partial charge in [-0.15, -0.1) is 0 Å². The number of aliphatic hydroxyl groups excluding tert-OH is 1. The van der Waals surface area contributed by atoms with Crippen molar-refractivity contribution in [2.45, 2.75) is 13.3 Å². The molecule has 1 unspecified atom stereocenters. The van der Waals surface area contributed by atoms with Crippen molar-refractivity contribution in [3.8, 4) is 0 Å². The molecule has 1 fully saturated rings. The van der Waals surface area contributed by atoms with Crippen molar-refractivity contribution >= 4 is 0 Å². The highest BCUT2D eigenvalue weighted by atomic mass is 16.5. The average Bonchev–Trinajstić information content (AvgIpc) is 2.54. The minimum atomic E-state index is 0.0186. The van der Waals surface area contributed by atoms with Crippen LogP contribution < -0.4 is 0 Å². The molecule has 1 aliphatic rings. The molecule has 0 radical (unpaired) electrons. The van der Waals surface area contributed by atoms with Gasteiger partial charge in [0.25, 0.3) is 0 Å². The fourth-order valence-electron chi connectivity index (χ4n) is 1.63. The van der Waals surface area contributed by atoms with E-state index in [1.807, 2.05) is 0 Å². The molecule has 1 heterocycles. The highest BCUT2D eigenvalue weighted by Crippen LogP contribution is 2.28. The zero-order valence-corrected chi connectivity index (χ0v) is 8.05. The molecular formula is C9H19NO2. The van der Waals surface area contributed by atoms with Crippen molar-refractivity contribution in [2.24, 2.45) is 5.41 Å². The van der Waals surface area contributed by atoms with Crippen molar-refractivity contribution in [3.63, 3.8) is 0 Å². The van der Waals surface area contributed by atoms with E-state index >= 15 is 0 Å². The molecule has 1 aliphatic heterocycles. The summed E-state index contributed by atoms with van der Waals surface area (Å²) >= 11 is 0. The lowest BCUT2D eigenvalue weighted by Crippen LogP contribution is -2.38. The summed E-state index contributed by atoms with van der Waals surface area (Å²) in [6.45, 7) is 5.87. The first-order valence-electron chi connectivity index (χ1n) is 4.59. The van der Waals surface area contributed by atoms with Crippen LogP contribution in [-0.2, 0) is 4.74 Å². The van der Waals surface area contributed by atoms with Crippen LogP contribution in [0.2, 0.25) is 0 Å². The normalized spacial score (nSPS) is 30.0. The van der Waals surface area contributed by atoms with Gasteiger partial charge in [-0.3, -0.25) is 0 Å². The summed E-state index contributed by atoms with van der Waals surface area (Å²) in [6, 6.07) is 0. The summed E-state index contributed by atoms with van der Waals surface area (Å²) in [5.41, 5.74) is 0.0186. The monoisotopic (exact) mass is 173 g/mol. The molecule has 72 valence electrons. The lowest BCUT2D eigenvalue weighted by atomic mass is 9.88. The Bertz CT molecular complexity index is 132. The van der Waals surface area contributed by atoms with Crippen molar-refractivity contribution in [2.75, 3.05) is 40.0 Å².